The molecule has 3 rings (SSSR count). The van der Waals surface area contributed by atoms with Crippen LogP contribution in [0.3, 0.4) is 0 Å². The van der Waals surface area contributed by atoms with Gasteiger partial charge in [0.25, 0.3) is 5.91 Å². The van der Waals surface area contributed by atoms with Gasteiger partial charge in [0.15, 0.2) is 0 Å². The van der Waals surface area contributed by atoms with Crippen LogP contribution in [0.5, 0.6) is 0 Å². The van der Waals surface area contributed by atoms with E-state index in [-0.39, 0.29) is 5.91 Å². The maximum atomic E-state index is 12.8. The lowest BCUT2D eigenvalue weighted by molar-refractivity contribution is 0.0977. The van der Waals surface area contributed by atoms with Gasteiger partial charge < -0.3 is 5.32 Å². The summed E-state index contributed by atoms with van der Waals surface area (Å²) in [5.41, 5.74) is 6.71. The quantitative estimate of drug-likeness (QED) is 0.522. The molecule has 6 heteroatoms. The minimum atomic E-state index is -0.202. The van der Waals surface area contributed by atoms with E-state index in [1.165, 1.54) is 5.56 Å². The van der Waals surface area contributed by atoms with Crippen molar-refractivity contribution in [2.75, 3.05) is 5.32 Å². The normalized spacial score (nSPS) is 11.4. The molecule has 0 aliphatic heterocycles. The number of aryl methyl sites for hydroxylation is 4. The van der Waals surface area contributed by atoms with Crippen molar-refractivity contribution in [2.24, 2.45) is 12.0 Å². The number of nitrogens with zero attached hydrogens (tertiary/aromatic N) is 3. The topological polar surface area (TPSA) is 71.3 Å². The second-order valence-corrected chi connectivity index (χ2v) is 7.25. The molecule has 1 heterocycles. The third-order valence-corrected chi connectivity index (χ3v) is 4.88. The number of carbonyl (C=O) groups excluding carboxylic acids is 1. The molecule has 6 nitrogen and oxygen atoms in total. The van der Waals surface area contributed by atoms with Gasteiger partial charge in [-0.2, -0.15) is 5.10 Å². The molecule has 0 spiro atoms. The third-order valence-electron chi connectivity index (χ3n) is 4.88. The van der Waals surface area contributed by atoms with E-state index in [1.807, 2.05) is 81.9 Å². The van der Waals surface area contributed by atoms with Crippen molar-refractivity contribution in [1.29, 1.82) is 0 Å². The molecule has 1 amide bonds. The van der Waals surface area contributed by atoms with Gasteiger partial charge in [-0.15, -0.1) is 0 Å². The maximum absolute atomic E-state index is 12.8. The van der Waals surface area contributed by atoms with Crippen LogP contribution in [0.15, 0.2) is 53.5 Å². The number of guanidine groups is 1. The molecule has 1 aromatic heterocycles. The molecule has 0 aliphatic carbocycles. The molecule has 0 saturated carbocycles. The molecule has 0 unspecified atom stereocenters. The Morgan fingerprint density at radius 1 is 1.03 bits per heavy atom. The Labute approximate surface area is 171 Å². The van der Waals surface area contributed by atoms with Crippen molar-refractivity contribution in [2.45, 2.75) is 34.2 Å². The number of hydrogen-bond acceptors (Lipinski definition) is 3. The fourth-order valence-electron chi connectivity index (χ4n) is 3.05. The summed E-state index contributed by atoms with van der Waals surface area (Å²) < 4.78 is 1.85. The van der Waals surface area contributed by atoms with E-state index in [1.54, 1.807) is 6.07 Å². The first-order chi connectivity index (χ1) is 13.8. The summed E-state index contributed by atoms with van der Waals surface area (Å²) >= 11 is 0. The Morgan fingerprint density at radius 2 is 1.76 bits per heavy atom. The second kappa shape index (κ2) is 8.73. The summed E-state index contributed by atoms with van der Waals surface area (Å²) in [5.74, 6) is 0.203. The SMILES string of the molecule is Cc1ccc(NC(=NCc2c(C)nn(C)c2C)NC(=O)c2cccc(C)c2)cc1. The highest BCUT2D eigenvalue weighted by Gasteiger charge is 2.12. The van der Waals surface area contributed by atoms with Gasteiger partial charge in [-0.1, -0.05) is 35.4 Å². The molecule has 0 fully saturated rings. The van der Waals surface area contributed by atoms with Crippen molar-refractivity contribution in [3.8, 4) is 0 Å². The van der Waals surface area contributed by atoms with Crippen LogP contribution in [0.25, 0.3) is 0 Å². The summed E-state index contributed by atoms with van der Waals surface area (Å²) in [4.78, 5) is 17.4. The van der Waals surface area contributed by atoms with Crippen LogP contribution >= 0.6 is 0 Å². The lowest BCUT2D eigenvalue weighted by atomic mass is 10.1. The Bertz CT molecular complexity index is 1050. The monoisotopic (exact) mass is 389 g/mol. The Balaban J connectivity index is 1.86. The molecule has 150 valence electrons. The molecule has 0 atom stereocenters. The van der Waals surface area contributed by atoms with Gasteiger partial charge in [0.1, 0.15) is 0 Å². The van der Waals surface area contributed by atoms with E-state index in [0.717, 1.165) is 28.2 Å². The number of nitrogens with one attached hydrogen (secondary N) is 2. The van der Waals surface area contributed by atoms with Gasteiger partial charge in [0.2, 0.25) is 5.96 Å². The standard InChI is InChI=1S/C23H27N5O/c1-15-9-11-20(12-10-15)25-23(24-14-21-17(3)27-28(5)18(21)4)26-22(29)19-8-6-7-16(2)13-19/h6-13H,14H2,1-5H3,(H2,24,25,26,29). The molecule has 29 heavy (non-hydrogen) atoms. The van der Waals surface area contributed by atoms with Crippen molar-refractivity contribution in [1.82, 2.24) is 15.1 Å². The lowest BCUT2D eigenvalue weighted by Crippen LogP contribution is -2.36. The van der Waals surface area contributed by atoms with E-state index < -0.39 is 0 Å². The smallest absolute Gasteiger partial charge is 0.257 e. The predicted octanol–water partition coefficient (Wildman–Crippen LogP) is 4.05. The van der Waals surface area contributed by atoms with Gasteiger partial charge in [0.05, 0.1) is 12.2 Å². The first-order valence-corrected chi connectivity index (χ1v) is 9.58. The van der Waals surface area contributed by atoms with E-state index in [0.29, 0.717) is 18.1 Å². The van der Waals surface area contributed by atoms with E-state index in [2.05, 4.69) is 20.7 Å². The van der Waals surface area contributed by atoms with Crippen LogP contribution in [0.1, 0.15) is 38.4 Å². The average Bonchev–Trinajstić information content (AvgIpc) is 2.93. The zero-order chi connectivity index (χ0) is 21.0. The first kappa shape index (κ1) is 20.3. The molecule has 0 radical (unpaired) electrons. The summed E-state index contributed by atoms with van der Waals surface area (Å²) in [6.45, 7) is 8.41. The Hall–Kier alpha value is -3.41. The maximum Gasteiger partial charge on any atom is 0.257 e. The van der Waals surface area contributed by atoms with Crippen LogP contribution in [-0.2, 0) is 13.6 Å². The van der Waals surface area contributed by atoms with Gasteiger partial charge in [-0.05, 0) is 52.0 Å². The molecule has 0 saturated heterocycles. The van der Waals surface area contributed by atoms with Crippen molar-refractivity contribution in [3.05, 3.63) is 82.2 Å². The highest BCUT2D eigenvalue weighted by Crippen LogP contribution is 2.14. The molecule has 0 bridgehead atoms. The van der Waals surface area contributed by atoms with Gasteiger partial charge >= 0.3 is 0 Å². The number of hydrogen-bond donors (Lipinski definition) is 2. The van der Waals surface area contributed by atoms with E-state index >= 15 is 0 Å². The fraction of sp³-hybridized carbons (Fsp3) is 0.261. The summed E-state index contributed by atoms with van der Waals surface area (Å²) in [5, 5.41) is 10.6. The molecule has 3 aromatic rings. The molecular weight excluding hydrogens is 362 g/mol. The lowest BCUT2D eigenvalue weighted by Gasteiger charge is -2.12. The summed E-state index contributed by atoms with van der Waals surface area (Å²) in [7, 11) is 1.92. The van der Waals surface area contributed by atoms with Crippen molar-refractivity contribution >= 4 is 17.6 Å². The number of carbonyl (C=O) groups is 1. The van der Waals surface area contributed by atoms with Gasteiger partial charge in [-0.3, -0.25) is 14.8 Å². The highest BCUT2D eigenvalue weighted by atomic mass is 16.1. The zero-order valence-corrected chi connectivity index (χ0v) is 17.6. The fourth-order valence-corrected chi connectivity index (χ4v) is 3.05. The average molecular weight is 390 g/mol. The van der Waals surface area contributed by atoms with Crippen LogP contribution in [0.2, 0.25) is 0 Å². The number of rotatable bonds is 4. The van der Waals surface area contributed by atoms with Gasteiger partial charge in [-0.25, -0.2) is 4.99 Å². The van der Waals surface area contributed by atoms with Crippen LogP contribution in [-0.4, -0.2) is 21.6 Å². The largest absolute Gasteiger partial charge is 0.326 e. The van der Waals surface area contributed by atoms with Crippen LogP contribution in [0.4, 0.5) is 5.69 Å². The number of anilines is 1. The molecule has 2 aromatic carbocycles. The Morgan fingerprint density at radius 3 is 2.38 bits per heavy atom. The van der Waals surface area contributed by atoms with Crippen LogP contribution in [0, 0.1) is 27.7 Å². The first-order valence-electron chi connectivity index (χ1n) is 9.58. The minimum Gasteiger partial charge on any atom is -0.326 e. The number of amides is 1. The van der Waals surface area contributed by atoms with Crippen molar-refractivity contribution in [3.63, 3.8) is 0 Å². The third kappa shape index (κ3) is 5.10. The molecule has 2 N–H and O–H groups in total. The number of benzene rings is 2. The zero-order valence-electron chi connectivity index (χ0n) is 17.6. The van der Waals surface area contributed by atoms with E-state index in [4.69, 9.17) is 0 Å². The van der Waals surface area contributed by atoms with Crippen molar-refractivity contribution < 1.29 is 4.79 Å². The predicted molar refractivity (Wildman–Crippen MR) is 117 cm³/mol. The second-order valence-electron chi connectivity index (χ2n) is 7.25. The molecule has 0 aliphatic rings. The summed E-state index contributed by atoms with van der Waals surface area (Å²) in [6.07, 6.45) is 0. The number of aliphatic imine (C=N–C) groups is 1. The van der Waals surface area contributed by atoms with Gasteiger partial charge in [0, 0.05) is 29.6 Å². The Kier molecular flexibility index (Phi) is 6.12. The highest BCUT2D eigenvalue weighted by molar-refractivity contribution is 6.10. The molecular formula is C23H27N5O. The van der Waals surface area contributed by atoms with Crippen LogP contribution < -0.4 is 10.6 Å². The minimum absolute atomic E-state index is 0.202. The van der Waals surface area contributed by atoms with E-state index in [9.17, 15) is 4.79 Å². The summed E-state index contributed by atoms with van der Waals surface area (Å²) in [6, 6.07) is 15.4. The number of aromatic nitrogens is 2.